The fraction of sp³-hybridized carbons (Fsp3) is 0.600. The van der Waals surface area contributed by atoms with Crippen molar-refractivity contribution in [3.63, 3.8) is 0 Å². The monoisotopic (exact) mass is 311 g/mol. The maximum Gasteiger partial charge on any atom is 0.0513 e. The van der Waals surface area contributed by atoms with E-state index in [1.54, 1.807) is 0 Å². The van der Waals surface area contributed by atoms with Crippen molar-refractivity contribution < 1.29 is 4.74 Å². The third-order valence-electron chi connectivity index (χ3n) is 3.74. The number of halogens is 1. The summed E-state index contributed by atoms with van der Waals surface area (Å²) in [5.41, 5.74) is 4.08. The van der Waals surface area contributed by atoms with Crippen LogP contribution >= 0.6 is 15.9 Å². The molecule has 2 unspecified atom stereocenters. The highest BCUT2D eigenvalue weighted by Gasteiger charge is 2.27. The van der Waals surface area contributed by atoms with Crippen molar-refractivity contribution in [1.82, 2.24) is 5.32 Å². The molecule has 1 aliphatic heterocycles. The van der Waals surface area contributed by atoms with E-state index >= 15 is 0 Å². The molecule has 1 aliphatic rings. The standard InChI is InChI=1S/C15H22BrNO/c1-4-17-15(12-5-6-18-9-12)13-7-11(3)14(16)8-10(13)2/h7-8,12,15,17H,4-6,9H2,1-3H3. The Kier molecular flexibility index (Phi) is 4.82. The van der Waals surface area contributed by atoms with Gasteiger partial charge in [-0.2, -0.15) is 0 Å². The molecule has 2 rings (SSSR count). The van der Waals surface area contributed by atoms with Crippen molar-refractivity contribution in [2.75, 3.05) is 19.8 Å². The Hall–Kier alpha value is -0.380. The topological polar surface area (TPSA) is 21.3 Å². The molecular weight excluding hydrogens is 290 g/mol. The summed E-state index contributed by atoms with van der Waals surface area (Å²) in [6.07, 6.45) is 1.16. The number of hydrogen-bond acceptors (Lipinski definition) is 2. The molecule has 1 aromatic rings. The van der Waals surface area contributed by atoms with Crippen LogP contribution in [0.15, 0.2) is 16.6 Å². The van der Waals surface area contributed by atoms with Crippen LogP contribution in [-0.2, 0) is 4.74 Å². The van der Waals surface area contributed by atoms with Gasteiger partial charge in [-0.3, -0.25) is 0 Å². The molecule has 1 fully saturated rings. The van der Waals surface area contributed by atoms with E-state index < -0.39 is 0 Å². The van der Waals surface area contributed by atoms with Gasteiger partial charge in [0.25, 0.3) is 0 Å². The van der Waals surface area contributed by atoms with Gasteiger partial charge in [0.1, 0.15) is 0 Å². The molecule has 0 aliphatic carbocycles. The van der Waals surface area contributed by atoms with Crippen molar-refractivity contribution in [3.8, 4) is 0 Å². The summed E-state index contributed by atoms with van der Waals surface area (Å²) in [4.78, 5) is 0. The van der Waals surface area contributed by atoms with Crippen LogP contribution in [-0.4, -0.2) is 19.8 Å². The van der Waals surface area contributed by atoms with E-state index in [1.165, 1.54) is 21.2 Å². The van der Waals surface area contributed by atoms with Crippen molar-refractivity contribution in [2.24, 2.45) is 5.92 Å². The van der Waals surface area contributed by atoms with E-state index in [9.17, 15) is 0 Å². The molecule has 3 heteroatoms. The fourth-order valence-corrected chi connectivity index (χ4v) is 3.16. The van der Waals surface area contributed by atoms with Crippen LogP contribution in [0.25, 0.3) is 0 Å². The van der Waals surface area contributed by atoms with Gasteiger partial charge in [-0.1, -0.05) is 28.9 Å². The van der Waals surface area contributed by atoms with Crippen LogP contribution in [0, 0.1) is 19.8 Å². The number of aryl methyl sites for hydroxylation is 2. The third-order valence-corrected chi connectivity index (χ3v) is 4.60. The molecule has 18 heavy (non-hydrogen) atoms. The Bertz CT molecular complexity index is 413. The van der Waals surface area contributed by atoms with Crippen LogP contribution in [0.5, 0.6) is 0 Å². The summed E-state index contributed by atoms with van der Waals surface area (Å²) in [6, 6.07) is 4.96. The minimum absolute atomic E-state index is 0.421. The van der Waals surface area contributed by atoms with Gasteiger partial charge in [0.2, 0.25) is 0 Å². The van der Waals surface area contributed by atoms with Gasteiger partial charge in [-0.15, -0.1) is 0 Å². The van der Waals surface area contributed by atoms with Gasteiger partial charge >= 0.3 is 0 Å². The molecule has 0 saturated carbocycles. The lowest BCUT2D eigenvalue weighted by Crippen LogP contribution is -2.29. The highest BCUT2D eigenvalue weighted by molar-refractivity contribution is 9.10. The Morgan fingerprint density at radius 1 is 1.39 bits per heavy atom. The number of rotatable bonds is 4. The largest absolute Gasteiger partial charge is 0.381 e. The molecule has 1 heterocycles. The Labute approximate surface area is 118 Å². The van der Waals surface area contributed by atoms with Crippen molar-refractivity contribution >= 4 is 15.9 Å². The highest BCUT2D eigenvalue weighted by Crippen LogP contribution is 2.33. The lowest BCUT2D eigenvalue weighted by atomic mass is 9.89. The summed E-state index contributed by atoms with van der Waals surface area (Å²) >= 11 is 3.61. The first-order valence-corrected chi connectivity index (χ1v) is 7.50. The third kappa shape index (κ3) is 2.95. The molecular formula is C15H22BrNO. The predicted molar refractivity (Wildman–Crippen MR) is 79.0 cm³/mol. The Morgan fingerprint density at radius 2 is 2.17 bits per heavy atom. The first kappa shape index (κ1) is 14.0. The van der Waals surface area contributed by atoms with Gasteiger partial charge in [0, 0.05) is 23.0 Å². The second-order valence-corrected chi connectivity index (χ2v) is 5.97. The van der Waals surface area contributed by atoms with Gasteiger partial charge < -0.3 is 10.1 Å². The zero-order valence-corrected chi connectivity index (χ0v) is 13.0. The zero-order chi connectivity index (χ0) is 13.1. The van der Waals surface area contributed by atoms with E-state index in [-0.39, 0.29) is 0 Å². The number of nitrogens with one attached hydrogen (secondary N) is 1. The molecule has 0 amide bonds. The van der Waals surface area contributed by atoms with Crippen molar-refractivity contribution in [2.45, 2.75) is 33.2 Å². The summed E-state index contributed by atoms with van der Waals surface area (Å²) < 4.78 is 6.75. The maximum absolute atomic E-state index is 5.55. The minimum atomic E-state index is 0.421. The molecule has 2 atom stereocenters. The van der Waals surface area contributed by atoms with Crippen LogP contribution in [0.1, 0.15) is 36.1 Å². The molecule has 0 radical (unpaired) electrons. The van der Waals surface area contributed by atoms with Crippen LogP contribution in [0.3, 0.4) is 0 Å². The van der Waals surface area contributed by atoms with Crippen molar-refractivity contribution in [3.05, 3.63) is 33.3 Å². The van der Waals surface area contributed by atoms with E-state index in [4.69, 9.17) is 4.74 Å². The lowest BCUT2D eigenvalue weighted by molar-refractivity contribution is 0.177. The maximum atomic E-state index is 5.55. The molecule has 0 spiro atoms. The Morgan fingerprint density at radius 3 is 2.78 bits per heavy atom. The fourth-order valence-electron chi connectivity index (χ4n) is 2.70. The highest BCUT2D eigenvalue weighted by atomic mass is 79.9. The van der Waals surface area contributed by atoms with Crippen LogP contribution in [0.4, 0.5) is 0 Å². The number of hydrogen-bond donors (Lipinski definition) is 1. The first-order valence-electron chi connectivity index (χ1n) is 6.71. The molecule has 1 N–H and O–H groups in total. The summed E-state index contributed by atoms with van der Waals surface area (Å²) in [7, 11) is 0. The van der Waals surface area contributed by atoms with Crippen LogP contribution < -0.4 is 5.32 Å². The molecule has 0 bridgehead atoms. The molecule has 2 nitrogen and oxygen atoms in total. The second-order valence-electron chi connectivity index (χ2n) is 5.12. The number of ether oxygens (including phenoxy) is 1. The van der Waals surface area contributed by atoms with E-state index in [2.05, 4.69) is 54.2 Å². The number of benzene rings is 1. The second kappa shape index (κ2) is 6.18. The quantitative estimate of drug-likeness (QED) is 0.914. The van der Waals surface area contributed by atoms with Gasteiger partial charge in [-0.05, 0) is 49.6 Å². The SMILES string of the molecule is CCNC(c1cc(C)c(Br)cc1C)C1CCOC1. The molecule has 0 aromatic heterocycles. The van der Waals surface area contributed by atoms with Gasteiger partial charge in [0.05, 0.1) is 6.61 Å². The normalized spacial score (nSPS) is 21.2. The van der Waals surface area contributed by atoms with Crippen LogP contribution in [0.2, 0.25) is 0 Å². The lowest BCUT2D eigenvalue weighted by Gasteiger charge is -2.26. The van der Waals surface area contributed by atoms with E-state index in [0.717, 1.165) is 26.2 Å². The molecule has 1 aromatic carbocycles. The average molecular weight is 312 g/mol. The van der Waals surface area contributed by atoms with Gasteiger partial charge in [0.15, 0.2) is 0 Å². The first-order chi connectivity index (χ1) is 8.63. The summed E-state index contributed by atoms with van der Waals surface area (Å²) in [6.45, 7) is 9.30. The predicted octanol–water partition coefficient (Wildman–Crippen LogP) is 3.75. The Balaban J connectivity index is 2.32. The minimum Gasteiger partial charge on any atom is -0.381 e. The van der Waals surface area contributed by atoms with E-state index in [1.807, 2.05) is 0 Å². The average Bonchev–Trinajstić information content (AvgIpc) is 2.85. The summed E-state index contributed by atoms with van der Waals surface area (Å²) in [5.74, 6) is 0.601. The van der Waals surface area contributed by atoms with Crippen molar-refractivity contribution in [1.29, 1.82) is 0 Å². The molecule has 1 saturated heterocycles. The smallest absolute Gasteiger partial charge is 0.0513 e. The summed E-state index contributed by atoms with van der Waals surface area (Å²) in [5, 5.41) is 3.63. The zero-order valence-electron chi connectivity index (χ0n) is 11.4. The molecule has 100 valence electrons. The van der Waals surface area contributed by atoms with E-state index in [0.29, 0.717) is 12.0 Å². The van der Waals surface area contributed by atoms with Gasteiger partial charge in [-0.25, -0.2) is 0 Å².